The molecule has 0 aromatic heterocycles. The SMILES string of the molecule is CC(C)Cc1ccc(C2(C(=O)O)COC2)cc1. The van der Waals surface area contributed by atoms with E-state index in [0.29, 0.717) is 5.92 Å². The second kappa shape index (κ2) is 4.49. The van der Waals surface area contributed by atoms with E-state index < -0.39 is 11.4 Å². The van der Waals surface area contributed by atoms with Gasteiger partial charge in [-0.15, -0.1) is 0 Å². The number of ether oxygens (including phenoxy) is 1. The van der Waals surface area contributed by atoms with E-state index >= 15 is 0 Å². The molecule has 1 aliphatic heterocycles. The van der Waals surface area contributed by atoms with Crippen molar-refractivity contribution in [2.24, 2.45) is 5.92 Å². The molecule has 3 nitrogen and oxygen atoms in total. The Labute approximate surface area is 101 Å². The third-order valence-electron chi connectivity index (χ3n) is 3.26. The normalized spacial score (nSPS) is 17.8. The van der Waals surface area contributed by atoms with Gasteiger partial charge in [0.05, 0.1) is 13.2 Å². The average Bonchev–Trinajstić information content (AvgIpc) is 2.17. The van der Waals surface area contributed by atoms with Crippen LogP contribution in [0.15, 0.2) is 24.3 Å². The van der Waals surface area contributed by atoms with Gasteiger partial charge in [0.1, 0.15) is 5.41 Å². The number of carbonyl (C=O) groups is 1. The highest BCUT2D eigenvalue weighted by Gasteiger charge is 2.47. The summed E-state index contributed by atoms with van der Waals surface area (Å²) in [7, 11) is 0. The third kappa shape index (κ3) is 2.20. The van der Waals surface area contributed by atoms with Gasteiger partial charge in [-0.3, -0.25) is 4.79 Å². The Kier molecular flexibility index (Phi) is 3.20. The zero-order valence-electron chi connectivity index (χ0n) is 10.3. The maximum absolute atomic E-state index is 11.3. The maximum Gasteiger partial charge on any atom is 0.318 e. The number of hydrogen-bond donors (Lipinski definition) is 1. The van der Waals surface area contributed by atoms with E-state index in [9.17, 15) is 9.90 Å². The lowest BCUT2D eigenvalue weighted by molar-refractivity contribution is -0.163. The van der Waals surface area contributed by atoms with Crippen LogP contribution in [0.5, 0.6) is 0 Å². The van der Waals surface area contributed by atoms with E-state index in [0.717, 1.165) is 12.0 Å². The van der Waals surface area contributed by atoms with E-state index in [1.54, 1.807) is 0 Å². The van der Waals surface area contributed by atoms with Gasteiger partial charge in [0.2, 0.25) is 0 Å². The van der Waals surface area contributed by atoms with E-state index in [2.05, 4.69) is 13.8 Å². The van der Waals surface area contributed by atoms with Crippen LogP contribution in [0, 0.1) is 5.92 Å². The van der Waals surface area contributed by atoms with Crippen molar-refractivity contribution in [3.63, 3.8) is 0 Å². The van der Waals surface area contributed by atoms with Crippen molar-refractivity contribution in [1.29, 1.82) is 0 Å². The number of hydrogen-bond acceptors (Lipinski definition) is 2. The highest BCUT2D eigenvalue weighted by molar-refractivity contribution is 5.82. The van der Waals surface area contributed by atoms with E-state index in [1.165, 1.54) is 5.56 Å². The fourth-order valence-corrected chi connectivity index (χ4v) is 2.15. The average molecular weight is 234 g/mol. The van der Waals surface area contributed by atoms with E-state index in [-0.39, 0.29) is 13.2 Å². The Morgan fingerprint density at radius 2 is 1.94 bits per heavy atom. The van der Waals surface area contributed by atoms with Crippen LogP contribution in [0.3, 0.4) is 0 Å². The molecule has 0 saturated carbocycles. The van der Waals surface area contributed by atoms with Crippen LogP contribution in [-0.2, 0) is 21.4 Å². The first-order valence-electron chi connectivity index (χ1n) is 5.95. The molecule has 1 aromatic rings. The zero-order chi connectivity index (χ0) is 12.5. The molecule has 3 heteroatoms. The lowest BCUT2D eigenvalue weighted by Gasteiger charge is -2.37. The highest BCUT2D eigenvalue weighted by atomic mass is 16.5. The predicted octanol–water partition coefficient (Wildman–Crippen LogP) is 2.24. The van der Waals surface area contributed by atoms with Crippen LogP contribution in [0.1, 0.15) is 25.0 Å². The first kappa shape index (κ1) is 12.1. The fourth-order valence-electron chi connectivity index (χ4n) is 2.15. The van der Waals surface area contributed by atoms with Crippen molar-refractivity contribution >= 4 is 5.97 Å². The van der Waals surface area contributed by atoms with Crippen LogP contribution in [0.25, 0.3) is 0 Å². The van der Waals surface area contributed by atoms with Crippen LogP contribution in [-0.4, -0.2) is 24.3 Å². The molecule has 1 N–H and O–H groups in total. The molecule has 1 aliphatic rings. The minimum absolute atomic E-state index is 0.284. The van der Waals surface area contributed by atoms with Crippen LogP contribution in [0.2, 0.25) is 0 Å². The lowest BCUT2D eigenvalue weighted by Crippen LogP contribution is -2.53. The van der Waals surface area contributed by atoms with Crippen molar-refractivity contribution in [2.45, 2.75) is 25.7 Å². The molecule has 0 spiro atoms. The summed E-state index contributed by atoms with van der Waals surface area (Å²) in [5.74, 6) is -0.179. The lowest BCUT2D eigenvalue weighted by atomic mass is 9.78. The summed E-state index contributed by atoms with van der Waals surface area (Å²) in [4.78, 5) is 11.3. The molecule has 1 heterocycles. The van der Waals surface area contributed by atoms with Gasteiger partial charge in [-0.25, -0.2) is 0 Å². The van der Waals surface area contributed by atoms with E-state index in [1.807, 2.05) is 24.3 Å². The molecule has 17 heavy (non-hydrogen) atoms. The molecule has 0 bridgehead atoms. The Morgan fingerprint density at radius 1 is 1.35 bits per heavy atom. The van der Waals surface area contributed by atoms with Crippen LogP contribution < -0.4 is 0 Å². The van der Waals surface area contributed by atoms with Gasteiger partial charge in [0, 0.05) is 0 Å². The Balaban J connectivity index is 2.20. The van der Waals surface area contributed by atoms with Gasteiger partial charge in [0.25, 0.3) is 0 Å². The van der Waals surface area contributed by atoms with Gasteiger partial charge in [-0.1, -0.05) is 38.1 Å². The highest BCUT2D eigenvalue weighted by Crippen LogP contribution is 2.33. The van der Waals surface area contributed by atoms with Gasteiger partial charge < -0.3 is 9.84 Å². The fraction of sp³-hybridized carbons (Fsp3) is 0.500. The molecule has 0 radical (unpaired) electrons. The van der Waals surface area contributed by atoms with E-state index in [4.69, 9.17) is 4.74 Å². The van der Waals surface area contributed by atoms with Crippen LogP contribution >= 0.6 is 0 Å². The molecule has 0 unspecified atom stereocenters. The number of carboxylic acid groups (broad SMARTS) is 1. The summed E-state index contributed by atoms with van der Waals surface area (Å²) in [5.41, 5.74) is 1.30. The van der Waals surface area contributed by atoms with Gasteiger partial charge in [-0.05, 0) is 23.5 Å². The number of carboxylic acids is 1. The number of aliphatic carboxylic acids is 1. The van der Waals surface area contributed by atoms with Crippen molar-refractivity contribution in [3.05, 3.63) is 35.4 Å². The number of benzene rings is 1. The van der Waals surface area contributed by atoms with Crippen LogP contribution in [0.4, 0.5) is 0 Å². The van der Waals surface area contributed by atoms with Crippen molar-refractivity contribution in [3.8, 4) is 0 Å². The summed E-state index contributed by atoms with van der Waals surface area (Å²) in [6.45, 7) is 4.91. The molecule has 92 valence electrons. The van der Waals surface area contributed by atoms with Crippen molar-refractivity contribution < 1.29 is 14.6 Å². The molecular formula is C14H18O3. The van der Waals surface area contributed by atoms with Gasteiger partial charge >= 0.3 is 5.97 Å². The van der Waals surface area contributed by atoms with Gasteiger partial charge in [0.15, 0.2) is 0 Å². The molecular weight excluding hydrogens is 216 g/mol. The largest absolute Gasteiger partial charge is 0.480 e. The smallest absolute Gasteiger partial charge is 0.318 e. The second-order valence-corrected chi connectivity index (χ2v) is 5.17. The standard InChI is InChI=1S/C14H18O3/c1-10(2)7-11-3-5-12(6-4-11)14(13(15)16)8-17-9-14/h3-6,10H,7-9H2,1-2H3,(H,15,16). The maximum atomic E-state index is 11.3. The monoisotopic (exact) mass is 234 g/mol. The quantitative estimate of drug-likeness (QED) is 0.869. The third-order valence-corrected chi connectivity index (χ3v) is 3.26. The first-order valence-corrected chi connectivity index (χ1v) is 5.95. The van der Waals surface area contributed by atoms with Crippen molar-refractivity contribution in [1.82, 2.24) is 0 Å². The Morgan fingerprint density at radius 3 is 2.29 bits per heavy atom. The topological polar surface area (TPSA) is 46.5 Å². The molecule has 2 rings (SSSR count). The first-order chi connectivity index (χ1) is 8.04. The Hall–Kier alpha value is -1.35. The summed E-state index contributed by atoms with van der Waals surface area (Å²) < 4.78 is 5.07. The second-order valence-electron chi connectivity index (χ2n) is 5.17. The molecule has 1 saturated heterocycles. The summed E-state index contributed by atoms with van der Waals surface area (Å²) in [6, 6.07) is 7.90. The van der Waals surface area contributed by atoms with Gasteiger partial charge in [-0.2, -0.15) is 0 Å². The molecule has 1 fully saturated rings. The zero-order valence-corrected chi connectivity index (χ0v) is 10.3. The molecule has 0 amide bonds. The molecule has 0 atom stereocenters. The summed E-state index contributed by atoms with van der Waals surface area (Å²) in [5, 5.41) is 9.27. The number of rotatable bonds is 4. The van der Waals surface area contributed by atoms with Crippen molar-refractivity contribution in [2.75, 3.05) is 13.2 Å². The Bertz CT molecular complexity index is 402. The summed E-state index contributed by atoms with van der Waals surface area (Å²) in [6.07, 6.45) is 1.02. The molecule has 1 aromatic carbocycles. The molecule has 0 aliphatic carbocycles. The minimum atomic E-state index is -0.809. The summed E-state index contributed by atoms with van der Waals surface area (Å²) >= 11 is 0. The predicted molar refractivity (Wildman–Crippen MR) is 65.1 cm³/mol. The minimum Gasteiger partial charge on any atom is -0.480 e.